The molecule has 1 atom stereocenters. The van der Waals surface area contributed by atoms with Gasteiger partial charge >= 0.3 is 6.03 Å². The minimum atomic E-state index is -0.401. The molecular formula is C16H24N2O3. The van der Waals surface area contributed by atoms with Crippen LogP contribution in [-0.2, 0) is 0 Å². The molecule has 1 aromatic rings. The van der Waals surface area contributed by atoms with Gasteiger partial charge in [-0.1, -0.05) is 19.9 Å². The lowest BCUT2D eigenvalue weighted by Gasteiger charge is -2.17. The first-order chi connectivity index (χ1) is 10.0. The Kier molecular flexibility index (Phi) is 5.44. The molecule has 21 heavy (non-hydrogen) atoms. The number of carbonyl (C=O) groups is 1. The third-order valence-electron chi connectivity index (χ3n) is 3.50. The quantitative estimate of drug-likeness (QED) is 0.877. The van der Waals surface area contributed by atoms with Crippen LogP contribution in [-0.4, -0.2) is 41.8 Å². The number of nitrogens with zero attached hydrogens (tertiary/aromatic N) is 1. The molecule has 5 nitrogen and oxygen atoms in total. The van der Waals surface area contributed by atoms with Crippen LogP contribution in [0.2, 0.25) is 0 Å². The molecule has 2 N–H and O–H groups in total. The van der Waals surface area contributed by atoms with Gasteiger partial charge in [0.05, 0.1) is 12.7 Å². The van der Waals surface area contributed by atoms with Crippen LogP contribution in [0.5, 0.6) is 5.75 Å². The average Bonchev–Trinajstić information content (AvgIpc) is 2.85. The molecule has 0 saturated carbocycles. The van der Waals surface area contributed by atoms with Crippen LogP contribution >= 0.6 is 0 Å². The fourth-order valence-corrected chi connectivity index (χ4v) is 2.20. The summed E-state index contributed by atoms with van der Waals surface area (Å²) >= 11 is 0. The maximum absolute atomic E-state index is 12.0. The Hall–Kier alpha value is -1.75. The molecule has 1 aromatic carbocycles. The van der Waals surface area contributed by atoms with Gasteiger partial charge in [-0.05, 0) is 30.9 Å². The van der Waals surface area contributed by atoms with Crippen LogP contribution in [0.4, 0.5) is 10.5 Å². The van der Waals surface area contributed by atoms with Gasteiger partial charge in [-0.2, -0.15) is 0 Å². The molecule has 0 aliphatic carbocycles. The third-order valence-corrected chi connectivity index (χ3v) is 3.50. The van der Waals surface area contributed by atoms with Crippen molar-refractivity contribution in [3.63, 3.8) is 0 Å². The second kappa shape index (κ2) is 7.31. The summed E-state index contributed by atoms with van der Waals surface area (Å²) in [5, 5.41) is 12.3. The summed E-state index contributed by atoms with van der Waals surface area (Å²) in [4.78, 5) is 13.7. The van der Waals surface area contributed by atoms with Crippen molar-refractivity contribution in [1.82, 2.24) is 4.90 Å². The molecule has 0 unspecified atom stereocenters. The summed E-state index contributed by atoms with van der Waals surface area (Å²) in [5.74, 6) is 1.37. The number of β-amino-alcohol motifs (C(OH)–C–C–N with tert-alkyl or cyclic N) is 1. The van der Waals surface area contributed by atoms with Crippen LogP contribution < -0.4 is 10.1 Å². The molecule has 1 heterocycles. The largest absolute Gasteiger partial charge is 0.494 e. The minimum Gasteiger partial charge on any atom is -0.494 e. The van der Waals surface area contributed by atoms with E-state index >= 15 is 0 Å². The lowest BCUT2D eigenvalue weighted by molar-refractivity contribution is 0.176. The molecule has 1 saturated heterocycles. The van der Waals surface area contributed by atoms with Crippen LogP contribution in [0.1, 0.15) is 26.7 Å². The van der Waals surface area contributed by atoms with E-state index in [-0.39, 0.29) is 6.03 Å². The highest BCUT2D eigenvalue weighted by Gasteiger charge is 2.24. The third kappa shape index (κ3) is 4.93. The van der Waals surface area contributed by atoms with E-state index in [4.69, 9.17) is 4.74 Å². The molecule has 1 fully saturated rings. The highest BCUT2D eigenvalue weighted by molar-refractivity contribution is 5.89. The molecule has 2 amide bonds. The number of benzene rings is 1. The number of aliphatic hydroxyl groups is 1. The molecular weight excluding hydrogens is 268 g/mol. The van der Waals surface area contributed by atoms with Gasteiger partial charge in [-0.25, -0.2) is 4.79 Å². The van der Waals surface area contributed by atoms with Gasteiger partial charge in [0.2, 0.25) is 0 Å². The average molecular weight is 292 g/mol. The zero-order valence-electron chi connectivity index (χ0n) is 12.7. The van der Waals surface area contributed by atoms with Crippen molar-refractivity contribution in [2.24, 2.45) is 5.92 Å². The SMILES string of the molecule is CC(C)CCOc1cccc(NC(=O)N2CC[C@@H](O)C2)c1. The van der Waals surface area contributed by atoms with E-state index in [2.05, 4.69) is 19.2 Å². The summed E-state index contributed by atoms with van der Waals surface area (Å²) in [5.41, 5.74) is 0.712. The Balaban J connectivity index is 1.87. The highest BCUT2D eigenvalue weighted by Crippen LogP contribution is 2.19. The fourth-order valence-electron chi connectivity index (χ4n) is 2.20. The monoisotopic (exact) mass is 292 g/mol. The van der Waals surface area contributed by atoms with Crippen molar-refractivity contribution in [3.05, 3.63) is 24.3 Å². The number of anilines is 1. The minimum absolute atomic E-state index is 0.175. The topological polar surface area (TPSA) is 61.8 Å². The Morgan fingerprint density at radius 3 is 3.00 bits per heavy atom. The van der Waals surface area contributed by atoms with E-state index in [1.807, 2.05) is 24.3 Å². The second-order valence-corrected chi connectivity index (χ2v) is 5.88. The number of amides is 2. The Labute approximate surface area is 125 Å². The maximum Gasteiger partial charge on any atom is 0.321 e. The molecule has 1 aliphatic rings. The van der Waals surface area contributed by atoms with Crippen molar-refractivity contribution in [1.29, 1.82) is 0 Å². The number of likely N-dealkylation sites (tertiary alicyclic amines) is 1. The van der Waals surface area contributed by atoms with Crippen LogP contribution in [0.3, 0.4) is 0 Å². The standard InChI is InChI=1S/C16H24N2O3/c1-12(2)7-9-21-15-5-3-4-13(10-15)17-16(20)18-8-6-14(19)11-18/h3-5,10,12,14,19H,6-9,11H2,1-2H3,(H,17,20)/t14-/m1/s1. The zero-order chi connectivity index (χ0) is 15.2. The first-order valence-electron chi connectivity index (χ1n) is 7.51. The van der Waals surface area contributed by atoms with Crippen LogP contribution in [0, 0.1) is 5.92 Å². The number of ether oxygens (including phenoxy) is 1. The first kappa shape index (κ1) is 15.6. The van der Waals surface area contributed by atoms with Gasteiger partial charge in [0.15, 0.2) is 0 Å². The van der Waals surface area contributed by atoms with Gasteiger partial charge in [0.25, 0.3) is 0 Å². The molecule has 1 aliphatic heterocycles. The van der Waals surface area contributed by atoms with Gasteiger partial charge in [0.1, 0.15) is 5.75 Å². The Morgan fingerprint density at radius 2 is 2.33 bits per heavy atom. The van der Waals surface area contributed by atoms with E-state index in [0.29, 0.717) is 37.7 Å². The van der Waals surface area contributed by atoms with Crippen molar-refractivity contribution < 1.29 is 14.6 Å². The molecule has 5 heteroatoms. The number of hydrogen-bond donors (Lipinski definition) is 2. The number of rotatable bonds is 5. The Bertz CT molecular complexity index is 476. The second-order valence-electron chi connectivity index (χ2n) is 5.88. The van der Waals surface area contributed by atoms with Crippen molar-refractivity contribution in [3.8, 4) is 5.75 Å². The summed E-state index contributed by atoms with van der Waals surface area (Å²) < 4.78 is 5.68. The number of carbonyl (C=O) groups excluding carboxylic acids is 1. The number of aliphatic hydroxyl groups excluding tert-OH is 1. The molecule has 116 valence electrons. The zero-order valence-corrected chi connectivity index (χ0v) is 12.7. The predicted molar refractivity (Wildman–Crippen MR) is 82.6 cm³/mol. The van der Waals surface area contributed by atoms with Gasteiger partial charge in [-0.15, -0.1) is 0 Å². The number of nitrogens with one attached hydrogen (secondary N) is 1. The maximum atomic E-state index is 12.0. The molecule has 0 radical (unpaired) electrons. The fraction of sp³-hybridized carbons (Fsp3) is 0.562. The van der Waals surface area contributed by atoms with Crippen molar-refractivity contribution >= 4 is 11.7 Å². The van der Waals surface area contributed by atoms with Crippen LogP contribution in [0.15, 0.2) is 24.3 Å². The Morgan fingerprint density at radius 1 is 1.52 bits per heavy atom. The lowest BCUT2D eigenvalue weighted by atomic mass is 10.1. The summed E-state index contributed by atoms with van der Waals surface area (Å²) in [7, 11) is 0. The highest BCUT2D eigenvalue weighted by atomic mass is 16.5. The number of hydrogen-bond acceptors (Lipinski definition) is 3. The van der Waals surface area contributed by atoms with E-state index in [0.717, 1.165) is 12.2 Å². The molecule has 0 spiro atoms. The lowest BCUT2D eigenvalue weighted by Crippen LogP contribution is -2.33. The number of urea groups is 1. The van der Waals surface area contributed by atoms with E-state index in [1.165, 1.54) is 0 Å². The van der Waals surface area contributed by atoms with E-state index in [1.54, 1.807) is 4.90 Å². The van der Waals surface area contributed by atoms with Gasteiger partial charge in [0, 0.05) is 24.8 Å². The smallest absolute Gasteiger partial charge is 0.321 e. The van der Waals surface area contributed by atoms with Crippen molar-refractivity contribution in [2.45, 2.75) is 32.8 Å². The summed E-state index contributed by atoms with van der Waals surface area (Å²) in [6.07, 6.45) is 1.25. The van der Waals surface area contributed by atoms with Crippen LogP contribution in [0.25, 0.3) is 0 Å². The first-order valence-corrected chi connectivity index (χ1v) is 7.51. The van der Waals surface area contributed by atoms with E-state index < -0.39 is 6.10 Å². The van der Waals surface area contributed by atoms with Gasteiger partial charge in [-0.3, -0.25) is 0 Å². The molecule has 2 rings (SSSR count). The normalized spacial score (nSPS) is 18.1. The molecule has 0 aromatic heterocycles. The molecule has 0 bridgehead atoms. The van der Waals surface area contributed by atoms with Gasteiger partial charge < -0.3 is 20.1 Å². The summed E-state index contributed by atoms with van der Waals surface area (Å²) in [6, 6.07) is 7.23. The predicted octanol–water partition coefficient (Wildman–Crippen LogP) is 2.71. The van der Waals surface area contributed by atoms with Crippen molar-refractivity contribution in [2.75, 3.05) is 25.0 Å². The summed E-state index contributed by atoms with van der Waals surface area (Å²) in [6.45, 7) is 5.98. The van der Waals surface area contributed by atoms with E-state index in [9.17, 15) is 9.90 Å².